The molecule has 7 heteroatoms. The zero-order chi connectivity index (χ0) is 13.2. The second-order valence-corrected chi connectivity index (χ2v) is 5.45. The summed E-state index contributed by atoms with van der Waals surface area (Å²) in [4.78, 5) is 3.00. The Bertz CT molecular complexity index is 522. The molecule has 2 nitrogen and oxygen atoms in total. The minimum atomic E-state index is -4.32. The second kappa shape index (κ2) is 5.27. The third-order valence-electron chi connectivity index (χ3n) is 2.14. The fraction of sp³-hybridized carbons (Fsp3) is 0.182. The van der Waals surface area contributed by atoms with Gasteiger partial charge in [-0.3, -0.25) is 0 Å². The molecule has 0 atom stereocenters. The molecule has 1 aromatic heterocycles. The number of alkyl halides is 3. The van der Waals surface area contributed by atoms with Gasteiger partial charge in [0.15, 0.2) is 5.13 Å². The van der Waals surface area contributed by atoms with E-state index < -0.39 is 11.1 Å². The summed E-state index contributed by atoms with van der Waals surface area (Å²) in [5.41, 5.74) is 0.974. The first kappa shape index (κ1) is 13.4. The van der Waals surface area contributed by atoms with Crippen molar-refractivity contribution in [2.45, 2.75) is 12.7 Å². The van der Waals surface area contributed by atoms with Crippen molar-refractivity contribution in [3.05, 3.63) is 45.4 Å². The van der Waals surface area contributed by atoms with Crippen molar-refractivity contribution >= 4 is 32.4 Å². The first-order valence-corrected chi connectivity index (χ1v) is 6.57. The highest BCUT2D eigenvalue weighted by molar-refractivity contribution is 9.10. The Balaban J connectivity index is 1.98. The maximum atomic E-state index is 12.3. The maximum absolute atomic E-state index is 12.3. The zero-order valence-electron chi connectivity index (χ0n) is 8.96. The molecule has 2 aromatic rings. The molecule has 0 aliphatic rings. The van der Waals surface area contributed by atoms with E-state index in [2.05, 4.69) is 26.2 Å². The highest BCUT2D eigenvalue weighted by Gasteiger charge is 2.33. The topological polar surface area (TPSA) is 24.9 Å². The predicted octanol–water partition coefficient (Wildman–Crippen LogP) is 4.54. The van der Waals surface area contributed by atoms with Crippen LogP contribution >= 0.6 is 27.3 Å². The van der Waals surface area contributed by atoms with Crippen molar-refractivity contribution in [3.8, 4) is 0 Å². The van der Waals surface area contributed by atoms with Gasteiger partial charge in [0.2, 0.25) is 0 Å². The summed E-state index contributed by atoms with van der Waals surface area (Å²) < 4.78 is 38.0. The summed E-state index contributed by atoms with van der Waals surface area (Å²) >= 11 is 3.92. The average molecular weight is 337 g/mol. The SMILES string of the molecule is FC(F)(F)c1cnc(NCc2ccc(Br)cc2)s1. The maximum Gasteiger partial charge on any atom is 0.427 e. The molecule has 1 N–H and O–H groups in total. The fourth-order valence-corrected chi connectivity index (χ4v) is 2.21. The zero-order valence-corrected chi connectivity index (χ0v) is 11.4. The van der Waals surface area contributed by atoms with Crippen LogP contribution < -0.4 is 5.32 Å². The van der Waals surface area contributed by atoms with Crippen LogP contribution in [0.4, 0.5) is 18.3 Å². The van der Waals surface area contributed by atoms with Gasteiger partial charge in [0.05, 0.1) is 6.20 Å². The highest BCUT2D eigenvalue weighted by atomic mass is 79.9. The first-order valence-electron chi connectivity index (χ1n) is 4.96. The van der Waals surface area contributed by atoms with Gasteiger partial charge in [0.25, 0.3) is 0 Å². The van der Waals surface area contributed by atoms with Crippen molar-refractivity contribution in [2.75, 3.05) is 5.32 Å². The number of halogens is 4. The lowest BCUT2D eigenvalue weighted by Gasteiger charge is -2.03. The number of nitrogens with zero attached hydrogens (tertiary/aromatic N) is 1. The summed E-state index contributed by atoms with van der Waals surface area (Å²) in [6, 6.07) is 7.52. The fourth-order valence-electron chi connectivity index (χ4n) is 1.27. The molecular formula is C11H8BrF3N2S. The van der Waals surface area contributed by atoms with Crippen molar-refractivity contribution < 1.29 is 13.2 Å². The van der Waals surface area contributed by atoms with Crippen LogP contribution in [0.1, 0.15) is 10.4 Å². The van der Waals surface area contributed by atoms with Gasteiger partial charge in [-0.1, -0.05) is 39.4 Å². The van der Waals surface area contributed by atoms with Gasteiger partial charge in [-0.2, -0.15) is 13.2 Å². The van der Waals surface area contributed by atoms with Gasteiger partial charge < -0.3 is 5.32 Å². The summed E-state index contributed by atoms with van der Waals surface area (Å²) in [7, 11) is 0. The molecule has 0 radical (unpaired) electrons. The van der Waals surface area contributed by atoms with Gasteiger partial charge in [0.1, 0.15) is 4.88 Å². The van der Waals surface area contributed by atoms with Crippen LogP contribution in [0.3, 0.4) is 0 Å². The summed E-state index contributed by atoms with van der Waals surface area (Å²) in [5, 5.41) is 3.13. The largest absolute Gasteiger partial charge is 0.427 e. The Labute approximate surface area is 114 Å². The number of hydrogen-bond acceptors (Lipinski definition) is 3. The number of aromatic nitrogens is 1. The second-order valence-electron chi connectivity index (χ2n) is 3.51. The molecule has 2 rings (SSSR count). The third-order valence-corrected chi connectivity index (χ3v) is 3.67. The molecule has 0 fully saturated rings. The molecule has 96 valence electrons. The van der Waals surface area contributed by atoms with Crippen LogP contribution in [0.25, 0.3) is 0 Å². The Morgan fingerprint density at radius 1 is 1.22 bits per heavy atom. The standard InChI is InChI=1S/C11H8BrF3N2S/c12-8-3-1-7(2-4-8)5-16-10-17-6-9(18-10)11(13,14)15/h1-4,6H,5H2,(H,16,17). The van der Waals surface area contributed by atoms with Crippen LogP contribution in [-0.2, 0) is 12.7 Å². The lowest BCUT2D eigenvalue weighted by atomic mass is 10.2. The Morgan fingerprint density at radius 2 is 1.89 bits per heavy atom. The molecule has 0 aliphatic carbocycles. The molecule has 18 heavy (non-hydrogen) atoms. The molecule has 0 unspecified atom stereocenters. The van der Waals surface area contributed by atoms with E-state index in [-0.39, 0.29) is 5.13 Å². The Morgan fingerprint density at radius 3 is 2.44 bits per heavy atom. The van der Waals surface area contributed by atoms with Crippen LogP contribution in [0.2, 0.25) is 0 Å². The first-order chi connectivity index (χ1) is 8.45. The summed E-state index contributed by atoms with van der Waals surface area (Å²) in [5.74, 6) is 0. The number of benzene rings is 1. The third kappa shape index (κ3) is 3.46. The van der Waals surface area contributed by atoms with Gasteiger partial charge in [-0.15, -0.1) is 0 Å². The van der Waals surface area contributed by atoms with Crippen LogP contribution in [0.5, 0.6) is 0 Å². The molecule has 0 amide bonds. The van der Waals surface area contributed by atoms with E-state index in [1.165, 1.54) is 0 Å². The summed E-state index contributed by atoms with van der Waals surface area (Å²) in [6.45, 7) is 0.443. The number of anilines is 1. The van der Waals surface area contributed by atoms with Gasteiger partial charge >= 0.3 is 6.18 Å². The minimum Gasteiger partial charge on any atom is -0.357 e. The number of nitrogens with one attached hydrogen (secondary N) is 1. The van der Waals surface area contributed by atoms with E-state index >= 15 is 0 Å². The predicted molar refractivity (Wildman–Crippen MR) is 68.6 cm³/mol. The van der Waals surface area contributed by atoms with E-state index in [9.17, 15) is 13.2 Å². The number of rotatable bonds is 3. The van der Waals surface area contributed by atoms with E-state index in [0.29, 0.717) is 17.9 Å². The number of thiazole rings is 1. The minimum absolute atomic E-state index is 0.269. The molecule has 1 aromatic carbocycles. The molecule has 0 aliphatic heterocycles. The average Bonchev–Trinajstić information content (AvgIpc) is 2.77. The van der Waals surface area contributed by atoms with Crippen molar-refractivity contribution in [3.63, 3.8) is 0 Å². The van der Waals surface area contributed by atoms with Gasteiger partial charge in [-0.25, -0.2) is 4.98 Å². The van der Waals surface area contributed by atoms with Crippen LogP contribution in [0.15, 0.2) is 34.9 Å². The van der Waals surface area contributed by atoms with Crippen molar-refractivity contribution in [1.82, 2.24) is 4.98 Å². The molecule has 0 saturated heterocycles. The quantitative estimate of drug-likeness (QED) is 0.890. The van der Waals surface area contributed by atoms with Crippen LogP contribution in [-0.4, -0.2) is 4.98 Å². The number of hydrogen-bond donors (Lipinski definition) is 1. The van der Waals surface area contributed by atoms with E-state index in [1.807, 2.05) is 24.3 Å². The van der Waals surface area contributed by atoms with Crippen molar-refractivity contribution in [1.29, 1.82) is 0 Å². The van der Waals surface area contributed by atoms with Gasteiger partial charge in [0, 0.05) is 11.0 Å². The van der Waals surface area contributed by atoms with Gasteiger partial charge in [-0.05, 0) is 17.7 Å². The molecule has 0 spiro atoms. The van der Waals surface area contributed by atoms with Crippen LogP contribution in [0, 0.1) is 0 Å². The molecular weight excluding hydrogens is 329 g/mol. The highest BCUT2D eigenvalue weighted by Crippen LogP contribution is 2.35. The molecule has 0 saturated carbocycles. The van der Waals surface area contributed by atoms with Crippen molar-refractivity contribution in [2.24, 2.45) is 0 Å². The van der Waals surface area contributed by atoms with E-state index in [0.717, 1.165) is 16.2 Å². The molecule has 0 bridgehead atoms. The monoisotopic (exact) mass is 336 g/mol. The lowest BCUT2D eigenvalue weighted by Crippen LogP contribution is -2.00. The molecule has 1 heterocycles. The Hall–Kier alpha value is -1.08. The Kier molecular flexibility index (Phi) is 3.91. The summed E-state index contributed by atoms with van der Waals surface area (Å²) in [6.07, 6.45) is -3.48. The normalized spacial score (nSPS) is 11.6. The smallest absolute Gasteiger partial charge is 0.357 e. The lowest BCUT2D eigenvalue weighted by molar-refractivity contribution is -0.134. The van der Waals surface area contributed by atoms with E-state index in [4.69, 9.17) is 0 Å². The van der Waals surface area contributed by atoms with E-state index in [1.54, 1.807) is 0 Å².